The quantitative estimate of drug-likeness (QED) is 0.141. The van der Waals surface area contributed by atoms with Crippen LogP contribution < -0.4 is 9.64 Å². The fourth-order valence-electron chi connectivity index (χ4n) is 4.05. The van der Waals surface area contributed by atoms with E-state index in [0.717, 1.165) is 11.3 Å². The molecule has 1 amide bonds. The predicted octanol–water partition coefficient (Wildman–Crippen LogP) is 5.39. The maximum atomic E-state index is 13.4. The van der Waals surface area contributed by atoms with Gasteiger partial charge in [0.15, 0.2) is 5.13 Å². The molecule has 2 aromatic carbocycles. The second-order valence-electron chi connectivity index (χ2n) is 8.20. The van der Waals surface area contributed by atoms with Crippen LogP contribution >= 0.6 is 22.9 Å². The van der Waals surface area contributed by atoms with E-state index in [-0.39, 0.29) is 21.3 Å². The Morgan fingerprint density at radius 3 is 2.54 bits per heavy atom. The van der Waals surface area contributed by atoms with Gasteiger partial charge in [0.05, 0.1) is 24.4 Å². The minimum absolute atomic E-state index is 0.109. The third-order valence-corrected chi connectivity index (χ3v) is 7.20. The highest BCUT2D eigenvalue weighted by Crippen LogP contribution is 2.44. The Balaban J connectivity index is 1.89. The zero-order chi connectivity index (χ0) is 26.9. The Kier molecular flexibility index (Phi) is 7.47. The molecule has 1 saturated heterocycles. The lowest BCUT2D eigenvalue weighted by atomic mass is 9.94. The predicted molar refractivity (Wildman–Crippen MR) is 141 cm³/mol. The molecule has 1 N–H and O–H groups in total. The van der Waals surface area contributed by atoms with E-state index < -0.39 is 23.7 Å². The zero-order valence-electron chi connectivity index (χ0n) is 20.3. The molecule has 1 aliphatic heterocycles. The first-order valence-corrected chi connectivity index (χ1v) is 12.3. The molecule has 0 radical (unpaired) electrons. The summed E-state index contributed by atoms with van der Waals surface area (Å²) in [4.78, 5) is 44.7. The van der Waals surface area contributed by atoms with E-state index in [1.165, 1.54) is 12.0 Å². The zero-order valence-corrected chi connectivity index (χ0v) is 21.9. The van der Waals surface area contributed by atoms with Gasteiger partial charge < -0.3 is 14.6 Å². The van der Waals surface area contributed by atoms with Crippen LogP contribution in [0.3, 0.4) is 0 Å². The first-order chi connectivity index (χ1) is 17.7. The van der Waals surface area contributed by atoms with Gasteiger partial charge in [-0.3, -0.25) is 14.5 Å². The van der Waals surface area contributed by atoms with Gasteiger partial charge >= 0.3 is 11.9 Å². The molecule has 3 aromatic rings. The highest BCUT2D eigenvalue weighted by molar-refractivity contribution is 7.17. The highest BCUT2D eigenvalue weighted by Gasteiger charge is 2.48. The summed E-state index contributed by atoms with van der Waals surface area (Å²) in [6.45, 7) is 7.31. The van der Waals surface area contributed by atoms with Gasteiger partial charge in [-0.05, 0) is 55.3 Å². The van der Waals surface area contributed by atoms with E-state index in [4.69, 9.17) is 21.1 Å². The lowest BCUT2D eigenvalue weighted by Crippen LogP contribution is -2.29. The Hall–Kier alpha value is -3.95. The third-order valence-electron chi connectivity index (χ3n) is 5.81. The van der Waals surface area contributed by atoms with Gasteiger partial charge in [-0.1, -0.05) is 47.7 Å². The number of aliphatic hydroxyl groups excluding tert-OH is 1. The van der Waals surface area contributed by atoms with Crippen molar-refractivity contribution in [3.8, 4) is 5.75 Å². The van der Waals surface area contributed by atoms with Crippen molar-refractivity contribution in [1.82, 2.24) is 4.98 Å². The molecule has 1 aromatic heterocycles. The number of methoxy groups -OCH3 is 1. The number of hydrogen-bond acceptors (Lipinski definition) is 8. The van der Waals surface area contributed by atoms with Crippen molar-refractivity contribution in [3.63, 3.8) is 0 Å². The van der Waals surface area contributed by atoms with E-state index in [2.05, 4.69) is 11.6 Å². The molecule has 37 heavy (non-hydrogen) atoms. The minimum Gasteiger partial charge on any atom is -0.507 e. The van der Waals surface area contributed by atoms with Crippen LogP contribution in [0.5, 0.6) is 5.75 Å². The van der Waals surface area contributed by atoms with Crippen molar-refractivity contribution in [2.24, 2.45) is 0 Å². The van der Waals surface area contributed by atoms with Gasteiger partial charge in [0.2, 0.25) is 0 Å². The first-order valence-electron chi connectivity index (χ1n) is 11.1. The molecule has 0 saturated carbocycles. The number of hydrogen-bond donors (Lipinski definition) is 1. The monoisotopic (exact) mass is 538 g/mol. The summed E-state index contributed by atoms with van der Waals surface area (Å²) >= 11 is 7.01. The maximum Gasteiger partial charge on any atom is 0.350 e. The Bertz CT molecular complexity index is 1440. The van der Waals surface area contributed by atoms with E-state index in [1.54, 1.807) is 62.4 Å². The fraction of sp³-hybridized carbons (Fsp3) is 0.185. The molecular weight excluding hydrogens is 516 g/mol. The number of aryl methyl sites for hydroxylation is 2. The van der Waals surface area contributed by atoms with Crippen LogP contribution in [0, 0.1) is 13.8 Å². The van der Waals surface area contributed by atoms with Crippen molar-refractivity contribution in [2.45, 2.75) is 19.9 Å². The van der Waals surface area contributed by atoms with Gasteiger partial charge in [-0.2, -0.15) is 0 Å². The van der Waals surface area contributed by atoms with Crippen molar-refractivity contribution >= 4 is 51.5 Å². The van der Waals surface area contributed by atoms with Crippen LogP contribution in [0.2, 0.25) is 5.02 Å². The van der Waals surface area contributed by atoms with Crippen LogP contribution in [0.1, 0.15) is 38.1 Å². The summed E-state index contributed by atoms with van der Waals surface area (Å²) in [6.07, 6.45) is 1.61. The number of nitrogens with zero attached hydrogens (tertiary/aromatic N) is 2. The van der Waals surface area contributed by atoms with Gasteiger partial charge in [-0.15, -0.1) is 0 Å². The van der Waals surface area contributed by atoms with Crippen LogP contribution in [-0.4, -0.2) is 41.5 Å². The topological polar surface area (TPSA) is 106 Å². The average Bonchev–Trinajstić information content (AvgIpc) is 3.39. The summed E-state index contributed by atoms with van der Waals surface area (Å²) in [5, 5.41) is 12.0. The standard InChI is InChI=1S/C27H23ClN2O6S/c1-5-12-36-18-10-11-19(14(2)13-18)22(31)20-21(16-6-8-17(28)9-7-16)30(25(33)23(20)32)27-29-15(3)24(37-27)26(34)35-4/h5-11,13,21,31H,1,12H2,2-4H3/t21-/m0/s1. The molecule has 0 spiro atoms. The molecule has 1 aliphatic rings. The summed E-state index contributed by atoms with van der Waals surface area (Å²) in [5.41, 5.74) is 1.78. The molecule has 2 heterocycles. The molecule has 1 atom stereocenters. The smallest absolute Gasteiger partial charge is 0.350 e. The number of amides is 1. The number of carbonyl (C=O) groups is 3. The molecular formula is C27H23ClN2O6S. The van der Waals surface area contributed by atoms with Crippen LogP contribution in [0.15, 0.2) is 60.7 Å². The third kappa shape index (κ3) is 4.87. The van der Waals surface area contributed by atoms with Crippen molar-refractivity contribution in [2.75, 3.05) is 18.6 Å². The van der Waals surface area contributed by atoms with Gasteiger partial charge in [0.1, 0.15) is 23.0 Å². The van der Waals surface area contributed by atoms with Crippen LogP contribution in [0.25, 0.3) is 5.76 Å². The number of thiazole rings is 1. The van der Waals surface area contributed by atoms with Crippen molar-refractivity contribution < 1.29 is 29.0 Å². The fourth-order valence-corrected chi connectivity index (χ4v) is 5.19. The minimum atomic E-state index is -1.01. The normalized spacial score (nSPS) is 16.6. The molecule has 8 nitrogen and oxygen atoms in total. The largest absolute Gasteiger partial charge is 0.507 e. The lowest BCUT2D eigenvalue weighted by molar-refractivity contribution is -0.132. The number of rotatable bonds is 7. The van der Waals surface area contributed by atoms with E-state index >= 15 is 0 Å². The number of anilines is 1. The van der Waals surface area contributed by atoms with Crippen LogP contribution in [-0.2, 0) is 14.3 Å². The summed E-state index contributed by atoms with van der Waals surface area (Å²) in [5.74, 6) is -2.13. The number of aliphatic hydroxyl groups is 1. The van der Waals surface area contributed by atoms with Gasteiger partial charge in [0.25, 0.3) is 5.78 Å². The number of halogens is 1. The second kappa shape index (κ2) is 10.6. The number of carbonyl (C=O) groups excluding carboxylic acids is 3. The van der Waals surface area contributed by atoms with Gasteiger partial charge in [-0.25, -0.2) is 9.78 Å². The Morgan fingerprint density at radius 1 is 1.22 bits per heavy atom. The second-order valence-corrected chi connectivity index (χ2v) is 9.61. The molecule has 190 valence electrons. The summed E-state index contributed by atoms with van der Waals surface area (Å²) in [7, 11) is 1.25. The molecule has 10 heteroatoms. The molecule has 1 fully saturated rings. The maximum absolute atomic E-state index is 13.4. The first kappa shape index (κ1) is 26.1. The number of ether oxygens (including phenoxy) is 2. The average molecular weight is 539 g/mol. The van der Waals surface area contributed by atoms with E-state index in [1.807, 2.05) is 0 Å². The highest BCUT2D eigenvalue weighted by atomic mass is 35.5. The lowest BCUT2D eigenvalue weighted by Gasteiger charge is -2.23. The Labute approximate surface area is 222 Å². The van der Waals surface area contributed by atoms with Gasteiger partial charge in [0, 0.05) is 10.6 Å². The van der Waals surface area contributed by atoms with E-state index in [9.17, 15) is 19.5 Å². The van der Waals surface area contributed by atoms with Crippen LogP contribution in [0.4, 0.5) is 5.13 Å². The number of ketones is 1. The SMILES string of the molecule is C=CCOc1ccc(C(O)=C2C(=O)C(=O)N(c3nc(C)c(C(=O)OC)s3)[C@H]2c2ccc(Cl)cc2)c(C)c1. The molecule has 0 aliphatic carbocycles. The molecule has 0 bridgehead atoms. The van der Waals surface area contributed by atoms with Crippen molar-refractivity contribution in [3.05, 3.63) is 93.0 Å². The molecule has 4 rings (SSSR count). The van der Waals surface area contributed by atoms with Crippen molar-refractivity contribution in [1.29, 1.82) is 0 Å². The number of aromatic nitrogens is 1. The molecule has 0 unspecified atom stereocenters. The number of esters is 1. The number of Topliss-reactive ketones (excluding diaryl/α,β-unsaturated/α-hetero) is 1. The summed E-state index contributed by atoms with van der Waals surface area (Å²) in [6, 6.07) is 10.6. The van der Waals surface area contributed by atoms with E-state index in [0.29, 0.717) is 39.8 Å². The number of benzene rings is 2. The summed E-state index contributed by atoms with van der Waals surface area (Å²) < 4.78 is 10.4. The Morgan fingerprint density at radius 2 is 1.92 bits per heavy atom.